The summed E-state index contributed by atoms with van der Waals surface area (Å²) in [5, 5.41) is 0. The van der Waals surface area contributed by atoms with Crippen molar-refractivity contribution in [2.75, 3.05) is 0 Å². The molecule has 1 nitrogen and oxygen atoms in total. The Kier molecular flexibility index (Phi) is 24.1. The predicted molar refractivity (Wildman–Crippen MR) is 157 cm³/mol. The molecule has 0 bridgehead atoms. The van der Waals surface area contributed by atoms with Gasteiger partial charge in [0.05, 0.1) is 0 Å². The Hall–Kier alpha value is -0.850. The minimum atomic E-state index is 0.711. The zero-order valence-corrected chi connectivity index (χ0v) is 24.3. The molecule has 1 atom stereocenters. The summed E-state index contributed by atoms with van der Waals surface area (Å²) < 4.78 is 2.49. The molecule has 1 heterocycles. The Morgan fingerprint density at radius 3 is 0.971 bits per heavy atom. The summed E-state index contributed by atoms with van der Waals surface area (Å²) in [7, 11) is 0. The molecule has 1 unspecified atom stereocenters. The molecule has 0 aromatic carbocycles. The van der Waals surface area contributed by atoms with Crippen molar-refractivity contribution in [3.05, 3.63) is 30.6 Å². The van der Waals surface area contributed by atoms with Crippen molar-refractivity contribution in [1.82, 2.24) is 0 Å². The van der Waals surface area contributed by atoms with Gasteiger partial charge in [-0.3, -0.25) is 0 Å². The van der Waals surface area contributed by atoms with Gasteiger partial charge in [0, 0.05) is 25.0 Å². The summed E-state index contributed by atoms with van der Waals surface area (Å²) >= 11 is 0. The molecule has 0 N–H and O–H groups in total. The second kappa shape index (κ2) is 26.2. The van der Waals surface area contributed by atoms with E-state index in [4.69, 9.17) is 0 Å². The third-order valence-corrected chi connectivity index (χ3v) is 7.94. The highest BCUT2D eigenvalue weighted by Gasteiger charge is 2.16. The molecule has 0 saturated heterocycles. The lowest BCUT2D eigenvalue weighted by molar-refractivity contribution is -0.724. The molecule has 0 fully saturated rings. The maximum absolute atomic E-state index is 2.49. The van der Waals surface area contributed by atoms with Crippen molar-refractivity contribution < 1.29 is 4.57 Å². The number of nitrogens with zero attached hydrogens (tertiary/aromatic N) is 1. The average Bonchev–Trinajstić information content (AvgIpc) is 2.89. The van der Waals surface area contributed by atoms with Crippen LogP contribution in [0.3, 0.4) is 0 Å². The predicted octanol–water partition coefficient (Wildman–Crippen LogP) is 11.7. The van der Waals surface area contributed by atoms with E-state index in [0.717, 1.165) is 0 Å². The Morgan fingerprint density at radius 1 is 0.371 bits per heavy atom. The Morgan fingerprint density at radius 2 is 0.657 bits per heavy atom. The van der Waals surface area contributed by atoms with Crippen LogP contribution in [0.25, 0.3) is 0 Å². The second-order valence-corrected chi connectivity index (χ2v) is 11.3. The second-order valence-electron chi connectivity index (χ2n) is 11.3. The van der Waals surface area contributed by atoms with Gasteiger partial charge in [-0.25, -0.2) is 4.57 Å². The molecule has 1 heteroatoms. The molecule has 204 valence electrons. The van der Waals surface area contributed by atoms with Crippen molar-refractivity contribution in [2.24, 2.45) is 0 Å². The van der Waals surface area contributed by atoms with Crippen LogP contribution >= 0.6 is 0 Å². The first kappa shape index (κ1) is 32.2. The number of rotatable bonds is 27. The first-order valence-electron chi connectivity index (χ1n) is 16.3. The number of pyridine rings is 1. The van der Waals surface area contributed by atoms with Gasteiger partial charge in [0.15, 0.2) is 18.4 Å². The van der Waals surface area contributed by atoms with Crippen molar-refractivity contribution in [3.63, 3.8) is 0 Å². The molecule has 1 rings (SSSR count). The van der Waals surface area contributed by atoms with Gasteiger partial charge in [-0.05, 0) is 12.8 Å². The molecule has 0 aliphatic rings. The Labute approximate surface area is 221 Å². The molecular formula is C34H64N+. The van der Waals surface area contributed by atoms with Crippen LogP contribution < -0.4 is 4.57 Å². The average molecular weight is 487 g/mol. The van der Waals surface area contributed by atoms with Crippen LogP contribution in [0.5, 0.6) is 0 Å². The SMILES string of the molecule is CCCCCCCCCCCCCCCCCCC(CCCCCCCCCC)[n+]1ccccc1. The van der Waals surface area contributed by atoms with Crippen molar-refractivity contribution >= 4 is 0 Å². The van der Waals surface area contributed by atoms with Gasteiger partial charge in [0.25, 0.3) is 0 Å². The van der Waals surface area contributed by atoms with Gasteiger partial charge in [-0.15, -0.1) is 0 Å². The Bertz CT molecular complexity index is 511. The fraction of sp³-hybridized carbons (Fsp3) is 0.853. The van der Waals surface area contributed by atoms with Crippen LogP contribution in [0.2, 0.25) is 0 Å². The topological polar surface area (TPSA) is 3.88 Å². The van der Waals surface area contributed by atoms with Crippen LogP contribution in [0.1, 0.15) is 187 Å². The monoisotopic (exact) mass is 487 g/mol. The molecule has 0 aliphatic carbocycles. The van der Waals surface area contributed by atoms with E-state index in [2.05, 4.69) is 49.0 Å². The summed E-state index contributed by atoms with van der Waals surface area (Å²) in [4.78, 5) is 0. The number of hydrogen-bond donors (Lipinski definition) is 0. The highest BCUT2D eigenvalue weighted by Crippen LogP contribution is 2.20. The van der Waals surface area contributed by atoms with E-state index in [0.29, 0.717) is 6.04 Å². The summed E-state index contributed by atoms with van der Waals surface area (Å²) in [6, 6.07) is 7.27. The molecule has 1 aromatic rings. The minimum Gasteiger partial charge on any atom is -0.202 e. The van der Waals surface area contributed by atoms with E-state index in [-0.39, 0.29) is 0 Å². The van der Waals surface area contributed by atoms with E-state index < -0.39 is 0 Å². The quantitative estimate of drug-likeness (QED) is 0.0859. The summed E-state index contributed by atoms with van der Waals surface area (Å²) in [5.74, 6) is 0. The van der Waals surface area contributed by atoms with Crippen molar-refractivity contribution in [1.29, 1.82) is 0 Å². The maximum atomic E-state index is 2.49. The first-order valence-corrected chi connectivity index (χ1v) is 16.3. The van der Waals surface area contributed by atoms with E-state index in [1.165, 1.54) is 167 Å². The van der Waals surface area contributed by atoms with E-state index in [1.807, 2.05) is 0 Å². The van der Waals surface area contributed by atoms with Crippen LogP contribution in [-0.2, 0) is 0 Å². The number of unbranched alkanes of at least 4 members (excludes halogenated alkanes) is 22. The zero-order chi connectivity index (χ0) is 25.1. The standard InChI is InChI=1S/C34H64N/c1-3-5-7-9-11-13-14-15-16-17-18-19-20-22-24-27-31-34(35-32-28-25-29-33-35)30-26-23-21-12-10-8-6-4-2/h25,28-29,32-34H,3-24,26-27,30-31H2,1-2H3/q+1. The lowest BCUT2D eigenvalue weighted by Crippen LogP contribution is -2.38. The van der Waals surface area contributed by atoms with Crippen molar-refractivity contribution in [3.8, 4) is 0 Å². The minimum absolute atomic E-state index is 0.711. The Balaban J connectivity index is 1.99. The van der Waals surface area contributed by atoms with Crippen molar-refractivity contribution in [2.45, 2.75) is 187 Å². The molecule has 0 saturated carbocycles. The molecule has 0 spiro atoms. The lowest BCUT2D eigenvalue weighted by Gasteiger charge is -2.13. The molecule has 0 amide bonds. The molecule has 1 aromatic heterocycles. The van der Waals surface area contributed by atoms with Gasteiger partial charge in [-0.1, -0.05) is 161 Å². The molecule has 35 heavy (non-hydrogen) atoms. The van der Waals surface area contributed by atoms with Gasteiger partial charge in [0.2, 0.25) is 0 Å². The highest BCUT2D eigenvalue weighted by molar-refractivity contribution is 4.84. The fourth-order valence-corrected chi connectivity index (χ4v) is 5.54. The molecule has 0 radical (unpaired) electrons. The van der Waals surface area contributed by atoms with E-state index in [1.54, 1.807) is 0 Å². The third kappa shape index (κ3) is 21.0. The normalized spacial score (nSPS) is 12.3. The van der Waals surface area contributed by atoms with E-state index >= 15 is 0 Å². The van der Waals surface area contributed by atoms with Crippen LogP contribution in [0.15, 0.2) is 30.6 Å². The first-order chi connectivity index (χ1) is 17.4. The maximum Gasteiger partial charge on any atom is 0.169 e. The van der Waals surface area contributed by atoms with Gasteiger partial charge in [-0.2, -0.15) is 0 Å². The summed E-state index contributed by atoms with van der Waals surface area (Å²) in [5.41, 5.74) is 0. The fourth-order valence-electron chi connectivity index (χ4n) is 5.54. The smallest absolute Gasteiger partial charge is 0.169 e. The summed E-state index contributed by atoms with van der Waals surface area (Å²) in [6.07, 6.45) is 42.0. The van der Waals surface area contributed by atoms with Crippen LogP contribution in [-0.4, -0.2) is 0 Å². The molecular weight excluding hydrogens is 422 g/mol. The third-order valence-electron chi connectivity index (χ3n) is 7.94. The zero-order valence-electron chi connectivity index (χ0n) is 24.3. The highest BCUT2D eigenvalue weighted by atomic mass is 15.0. The number of hydrogen-bond acceptors (Lipinski definition) is 0. The van der Waals surface area contributed by atoms with Gasteiger partial charge in [0.1, 0.15) is 0 Å². The largest absolute Gasteiger partial charge is 0.202 e. The van der Waals surface area contributed by atoms with Crippen LogP contribution in [0.4, 0.5) is 0 Å². The summed E-state index contributed by atoms with van der Waals surface area (Å²) in [6.45, 7) is 4.61. The van der Waals surface area contributed by atoms with E-state index in [9.17, 15) is 0 Å². The lowest BCUT2D eigenvalue weighted by atomic mass is 9.99. The van der Waals surface area contributed by atoms with Gasteiger partial charge >= 0.3 is 0 Å². The van der Waals surface area contributed by atoms with Crippen LogP contribution in [0, 0.1) is 0 Å². The van der Waals surface area contributed by atoms with Gasteiger partial charge < -0.3 is 0 Å². The molecule has 0 aliphatic heterocycles. The number of aromatic nitrogens is 1.